The molecule has 0 atom stereocenters. The quantitative estimate of drug-likeness (QED) is 0.596. The van der Waals surface area contributed by atoms with Crippen molar-refractivity contribution < 1.29 is 4.39 Å². The molecule has 1 aliphatic rings. The first-order chi connectivity index (χ1) is 14.1. The van der Waals surface area contributed by atoms with Gasteiger partial charge in [0.2, 0.25) is 11.9 Å². The molecule has 1 aromatic heterocycles. The molecule has 8 heteroatoms. The average Bonchev–Trinajstić information content (AvgIpc) is 2.72. The first-order valence-corrected chi connectivity index (χ1v) is 9.68. The molecule has 1 fully saturated rings. The SMILES string of the molecule is O=c1nc(NC2CCN(Cc3ccccc3)CC2)nc(Nc2ccc(F)cc2)[nH]1. The summed E-state index contributed by atoms with van der Waals surface area (Å²) in [5.74, 6) is 0.230. The largest absolute Gasteiger partial charge is 0.351 e. The summed E-state index contributed by atoms with van der Waals surface area (Å²) in [5, 5.41) is 6.23. The molecule has 150 valence electrons. The molecule has 0 unspecified atom stereocenters. The topological polar surface area (TPSA) is 85.9 Å². The molecule has 0 radical (unpaired) electrons. The number of likely N-dealkylation sites (tertiary alicyclic amines) is 1. The minimum atomic E-state index is -0.492. The molecule has 0 amide bonds. The molecule has 29 heavy (non-hydrogen) atoms. The van der Waals surface area contributed by atoms with E-state index in [1.165, 1.54) is 17.7 Å². The Hall–Kier alpha value is -3.26. The fourth-order valence-corrected chi connectivity index (χ4v) is 3.44. The number of hydrogen-bond donors (Lipinski definition) is 3. The summed E-state index contributed by atoms with van der Waals surface area (Å²) in [5.41, 5.74) is 1.45. The van der Waals surface area contributed by atoms with Crippen molar-refractivity contribution in [2.24, 2.45) is 0 Å². The molecule has 2 heterocycles. The van der Waals surface area contributed by atoms with Crippen LogP contribution in [-0.2, 0) is 6.54 Å². The average molecular weight is 394 g/mol. The first kappa shape index (κ1) is 19.1. The van der Waals surface area contributed by atoms with Gasteiger partial charge in [0.05, 0.1) is 0 Å². The Labute approximate surface area is 168 Å². The first-order valence-electron chi connectivity index (χ1n) is 9.68. The molecule has 1 aliphatic heterocycles. The van der Waals surface area contributed by atoms with Crippen LogP contribution in [0.15, 0.2) is 59.4 Å². The van der Waals surface area contributed by atoms with Crippen LogP contribution in [0.4, 0.5) is 22.0 Å². The van der Waals surface area contributed by atoms with Gasteiger partial charge in [-0.05, 0) is 42.7 Å². The molecule has 1 saturated heterocycles. The fraction of sp³-hybridized carbons (Fsp3) is 0.286. The van der Waals surface area contributed by atoms with E-state index in [0.29, 0.717) is 11.6 Å². The summed E-state index contributed by atoms with van der Waals surface area (Å²) in [6.07, 6.45) is 1.90. The van der Waals surface area contributed by atoms with Crippen LogP contribution in [-0.4, -0.2) is 39.0 Å². The highest BCUT2D eigenvalue weighted by Gasteiger charge is 2.20. The van der Waals surface area contributed by atoms with Crippen molar-refractivity contribution in [3.05, 3.63) is 76.5 Å². The Balaban J connectivity index is 1.34. The van der Waals surface area contributed by atoms with Gasteiger partial charge in [0, 0.05) is 31.4 Å². The Morgan fingerprint density at radius 1 is 1.03 bits per heavy atom. The standard InChI is InChI=1S/C21H23FN6O/c22-16-6-8-17(9-7-16)23-19-25-20(27-21(29)26-19)24-18-10-12-28(13-11-18)14-15-4-2-1-3-5-15/h1-9,18H,10-14H2,(H3,23,24,25,26,27,29). The van der Waals surface area contributed by atoms with Crippen LogP contribution in [0.3, 0.4) is 0 Å². The van der Waals surface area contributed by atoms with Crippen LogP contribution >= 0.6 is 0 Å². The molecule has 3 aromatic rings. The van der Waals surface area contributed by atoms with E-state index in [9.17, 15) is 9.18 Å². The monoisotopic (exact) mass is 394 g/mol. The van der Waals surface area contributed by atoms with Gasteiger partial charge in [0.1, 0.15) is 5.82 Å². The Kier molecular flexibility index (Phi) is 5.81. The van der Waals surface area contributed by atoms with Crippen molar-refractivity contribution in [3.8, 4) is 0 Å². The van der Waals surface area contributed by atoms with Crippen LogP contribution in [0.5, 0.6) is 0 Å². The van der Waals surface area contributed by atoms with E-state index >= 15 is 0 Å². The Morgan fingerprint density at radius 3 is 2.48 bits per heavy atom. The van der Waals surface area contributed by atoms with Gasteiger partial charge >= 0.3 is 5.69 Å². The highest BCUT2D eigenvalue weighted by Crippen LogP contribution is 2.17. The summed E-state index contributed by atoms with van der Waals surface area (Å²) < 4.78 is 13.0. The lowest BCUT2D eigenvalue weighted by atomic mass is 10.0. The zero-order valence-electron chi connectivity index (χ0n) is 15.9. The Bertz CT molecular complexity index is 984. The second-order valence-electron chi connectivity index (χ2n) is 7.14. The molecular weight excluding hydrogens is 371 g/mol. The summed E-state index contributed by atoms with van der Waals surface area (Å²) in [7, 11) is 0. The predicted octanol–water partition coefficient (Wildman–Crippen LogP) is 3.12. The number of anilines is 3. The van der Waals surface area contributed by atoms with Gasteiger partial charge in [0.15, 0.2) is 0 Å². The summed E-state index contributed by atoms with van der Waals surface area (Å²) in [6.45, 7) is 2.88. The number of aromatic nitrogens is 3. The van der Waals surface area contributed by atoms with Crippen molar-refractivity contribution in [2.75, 3.05) is 23.7 Å². The van der Waals surface area contributed by atoms with E-state index in [0.717, 1.165) is 32.5 Å². The third-order valence-corrected chi connectivity index (χ3v) is 4.93. The normalized spacial score (nSPS) is 15.2. The van der Waals surface area contributed by atoms with Crippen molar-refractivity contribution in [1.82, 2.24) is 19.9 Å². The van der Waals surface area contributed by atoms with Crippen molar-refractivity contribution in [3.63, 3.8) is 0 Å². The van der Waals surface area contributed by atoms with Gasteiger partial charge in [-0.1, -0.05) is 30.3 Å². The minimum Gasteiger partial charge on any atom is -0.351 e. The minimum absolute atomic E-state index is 0.211. The number of rotatable bonds is 6. The lowest BCUT2D eigenvalue weighted by Crippen LogP contribution is -2.39. The third-order valence-electron chi connectivity index (χ3n) is 4.93. The number of benzene rings is 2. The smallest absolute Gasteiger partial charge is 0.351 e. The zero-order valence-corrected chi connectivity index (χ0v) is 15.9. The molecule has 0 spiro atoms. The van der Waals surface area contributed by atoms with E-state index in [2.05, 4.69) is 54.8 Å². The molecule has 0 saturated carbocycles. The number of nitrogens with zero attached hydrogens (tertiary/aromatic N) is 3. The van der Waals surface area contributed by atoms with Gasteiger partial charge in [-0.25, -0.2) is 9.18 Å². The molecular formula is C21H23FN6O. The van der Waals surface area contributed by atoms with Gasteiger partial charge < -0.3 is 10.6 Å². The zero-order chi connectivity index (χ0) is 20.1. The number of piperidine rings is 1. The third kappa shape index (κ3) is 5.39. The molecule has 4 rings (SSSR count). The molecule has 7 nitrogen and oxygen atoms in total. The highest BCUT2D eigenvalue weighted by molar-refractivity contribution is 5.53. The predicted molar refractivity (Wildman–Crippen MR) is 111 cm³/mol. The maximum atomic E-state index is 13.0. The van der Waals surface area contributed by atoms with E-state index in [4.69, 9.17) is 0 Å². The summed E-state index contributed by atoms with van der Waals surface area (Å²) in [4.78, 5) is 25.1. The van der Waals surface area contributed by atoms with Gasteiger partial charge in [-0.3, -0.25) is 9.88 Å². The molecule has 0 bridgehead atoms. The Morgan fingerprint density at radius 2 is 1.76 bits per heavy atom. The van der Waals surface area contributed by atoms with Crippen LogP contribution in [0.1, 0.15) is 18.4 Å². The maximum Gasteiger partial charge on any atom is 0.351 e. The molecule has 3 N–H and O–H groups in total. The number of hydrogen-bond acceptors (Lipinski definition) is 6. The van der Waals surface area contributed by atoms with Crippen molar-refractivity contribution in [1.29, 1.82) is 0 Å². The fourth-order valence-electron chi connectivity index (χ4n) is 3.44. The van der Waals surface area contributed by atoms with Gasteiger partial charge in [-0.15, -0.1) is 0 Å². The van der Waals surface area contributed by atoms with Crippen molar-refractivity contribution >= 4 is 17.6 Å². The van der Waals surface area contributed by atoms with E-state index in [1.54, 1.807) is 12.1 Å². The second kappa shape index (κ2) is 8.83. The lowest BCUT2D eigenvalue weighted by molar-refractivity contribution is 0.211. The summed E-state index contributed by atoms with van der Waals surface area (Å²) in [6, 6.07) is 16.5. The summed E-state index contributed by atoms with van der Waals surface area (Å²) >= 11 is 0. The van der Waals surface area contributed by atoms with E-state index in [-0.39, 0.29) is 17.8 Å². The number of nitrogens with one attached hydrogen (secondary N) is 3. The van der Waals surface area contributed by atoms with E-state index < -0.39 is 5.69 Å². The van der Waals surface area contributed by atoms with Gasteiger partial charge in [-0.2, -0.15) is 9.97 Å². The van der Waals surface area contributed by atoms with E-state index in [1.807, 2.05) is 6.07 Å². The van der Waals surface area contributed by atoms with Crippen molar-refractivity contribution in [2.45, 2.75) is 25.4 Å². The number of halogens is 1. The number of H-pyrrole nitrogens is 1. The maximum absolute atomic E-state index is 13.0. The number of aromatic amines is 1. The highest BCUT2D eigenvalue weighted by atomic mass is 19.1. The van der Waals surface area contributed by atoms with Crippen LogP contribution in [0, 0.1) is 5.82 Å². The second-order valence-corrected chi connectivity index (χ2v) is 7.14. The van der Waals surface area contributed by atoms with Gasteiger partial charge in [0.25, 0.3) is 0 Å². The molecule has 2 aromatic carbocycles. The van der Waals surface area contributed by atoms with Crippen LogP contribution in [0.2, 0.25) is 0 Å². The van der Waals surface area contributed by atoms with Crippen LogP contribution < -0.4 is 16.3 Å². The molecule has 0 aliphatic carbocycles. The van der Waals surface area contributed by atoms with Crippen LogP contribution in [0.25, 0.3) is 0 Å². The lowest BCUT2D eigenvalue weighted by Gasteiger charge is -2.32.